The Hall–Kier alpha value is -3.49. The topological polar surface area (TPSA) is 66.3 Å². The first kappa shape index (κ1) is 17.9. The van der Waals surface area contributed by atoms with Crippen molar-refractivity contribution in [3.8, 4) is 5.82 Å². The molecule has 1 N–H and O–H groups in total. The fourth-order valence-electron chi connectivity index (χ4n) is 3.11. The predicted octanol–water partition coefficient (Wildman–Crippen LogP) is 2.90. The molecule has 0 atom stereocenters. The number of hydrogen-bond acceptors (Lipinski definition) is 4. The van der Waals surface area contributed by atoms with Crippen LogP contribution in [0, 0.1) is 11.6 Å². The summed E-state index contributed by atoms with van der Waals surface area (Å²) >= 11 is 0. The minimum atomic E-state index is -0.734. The van der Waals surface area contributed by atoms with E-state index < -0.39 is 11.6 Å². The summed E-state index contributed by atoms with van der Waals surface area (Å²) in [5, 5.41) is 2.54. The van der Waals surface area contributed by atoms with E-state index >= 15 is 0 Å². The van der Waals surface area contributed by atoms with Gasteiger partial charge in [-0.25, -0.2) is 23.5 Å². The third kappa shape index (κ3) is 3.93. The zero-order valence-electron chi connectivity index (χ0n) is 14.9. The summed E-state index contributed by atoms with van der Waals surface area (Å²) in [4.78, 5) is 24.6. The van der Waals surface area contributed by atoms with E-state index in [4.69, 9.17) is 0 Å². The molecule has 144 valence electrons. The van der Waals surface area contributed by atoms with Gasteiger partial charge in [0.25, 0.3) is 0 Å². The molecule has 1 aliphatic heterocycles. The maximum Gasteiger partial charge on any atom is 0.321 e. The van der Waals surface area contributed by atoms with Crippen LogP contribution in [0.2, 0.25) is 0 Å². The molecule has 0 radical (unpaired) electrons. The van der Waals surface area contributed by atoms with Gasteiger partial charge in [0.15, 0.2) is 0 Å². The molecule has 0 spiro atoms. The van der Waals surface area contributed by atoms with Gasteiger partial charge in [0, 0.05) is 56.4 Å². The number of piperazine rings is 1. The van der Waals surface area contributed by atoms with Gasteiger partial charge in [-0.15, -0.1) is 0 Å². The molecule has 2 aromatic heterocycles. The molecule has 2 amide bonds. The van der Waals surface area contributed by atoms with E-state index in [1.165, 1.54) is 6.33 Å². The second-order valence-electron chi connectivity index (χ2n) is 6.39. The first-order chi connectivity index (χ1) is 13.6. The van der Waals surface area contributed by atoms with Gasteiger partial charge in [-0.1, -0.05) is 0 Å². The molecule has 4 rings (SSSR count). The maximum absolute atomic E-state index is 13.3. The van der Waals surface area contributed by atoms with Crippen LogP contribution in [0.3, 0.4) is 0 Å². The largest absolute Gasteiger partial charge is 0.353 e. The Balaban J connectivity index is 1.38. The van der Waals surface area contributed by atoms with Crippen molar-refractivity contribution in [3.05, 3.63) is 66.8 Å². The molecule has 0 aliphatic carbocycles. The van der Waals surface area contributed by atoms with Crippen molar-refractivity contribution in [1.29, 1.82) is 0 Å². The van der Waals surface area contributed by atoms with Gasteiger partial charge in [-0.3, -0.25) is 0 Å². The second kappa shape index (κ2) is 7.63. The molecule has 1 aromatic carbocycles. The number of rotatable bonds is 3. The first-order valence-electron chi connectivity index (χ1n) is 8.81. The molecule has 9 heteroatoms. The van der Waals surface area contributed by atoms with Gasteiger partial charge in [0.1, 0.15) is 29.6 Å². The molecule has 1 aliphatic rings. The summed E-state index contributed by atoms with van der Waals surface area (Å²) in [7, 11) is 0. The van der Waals surface area contributed by atoms with Crippen LogP contribution in [0.1, 0.15) is 0 Å². The third-order valence-corrected chi connectivity index (χ3v) is 4.51. The molecule has 7 nitrogen and oxygen atoms in total. The van der Waals surface area contributed by atoms with E-state index in [-0.39, 0.29) is 11.7 Å². The Kier molecular flexibility index (Phi) is 4.88. The van der Waals surface area contributed by atoms with Crippen molar-refractivity contribution in [3.63, 3.8) is 0 Å². The number of urea groups is 1. The lowest BCUT2D eigenvalue weighted by molar-refractivity contribution is 0.208. The number of hydrogen-bond donors (Lipinski definition) is 1. The number of anilines is 2. The monoisotopic (exact) mass is 384 g/mol. The number of nitrogens with zero attached hydrogens (tertiary/aromatic N) is 5. The normalized spacial score (nSPS) is 14.2. The summed E-state index contributed by atoms with van der Waals surface area (Å²) < 4.78 is 28.4. The summed E-state index contributed by atoms with van der Waals surface area (Å²) in [6, 6.07) is 8.28. The molecule has 0 bridgehead atoms. The Morgan fingerprint density at radius 1 is 0.893 bits per heavy atom. The van der Waals surface area contributed by atoms with Gasteiger partial charge in [-0.05, 0) is 24.3 Å². The molecule has 3 aromatic rings. The number of carbonyl (C=O) groups is 1. The standard InChI is InChI=1S/C19H18F2N6O/c20-14-9-15(21)11-16(10-14)24-19(28)27-7-5-26(6-8-27)18-12-17(22-13-23-18)25-3-1-2-4-25/h1-4,9-13H,5-8H2,(H,24,28). The number of carbonyl (C=O) groups excluding carboxylic acids is 1. The molecule has 3 heterocycles. The van der Waals surface area contributed by atoms with E-state index in [1.807, 2.05) is 35.2 Å². The smallest absolute Gasteiger partial charge is 0.321 e. The van der Waals surface area contributed by atoms with E-state index in [2.05, 4.69) is 20.2 Å². The quantitative estimate of drug-likeness (QED) is 0.754. The predicted molar refractivity (Wildman–Crippen MR) is 101 cm³/mol. The summed E-state index contributed by atoms with van der Waals surface area (Å²) in [6.45, 7) is 2.11. The molecule has 1 saturated heterocycles. The van der Waals surface area contributed by atoms with Crippen LogP contribution in [0.4, 0.5) is 25.1 Å². The average Bonchev–Trinajstić information content (AvgIpc) is 3.22. The molecule has 0 saturated carbocycles. The lowest BCUT2D eigenvalue weighted by atomic mass is 10.3. The van der Waals surface area contributed by atoms with Crippen molar-refractivity contribution < 1.29 is 13.6 Å². The van der Waals surface area contributed by atoms with Gasteiger partial charge in [0.05, 0.1) is 0 Å². The van der Waals surface area contributed by atoms with Gasteiger partial charge < -0.3 is 19.7 Å². The fourth-order valence-corrected chi connectivity index (χ4v) is 3.11. The third-order valence-electron chi connectivity index (χ3n) is 4.51. The van der Waals surface area contributed by atoms with E-state index in [0.717, 1.165) is 29.8 Å². The van der Waals surface area contributed by atoms with Crippen molar-refractivity contribution in [1.82, 2.24) is 19.4 Å². The SMILES string of the molecule is O=C(Nc1cc(F)cc(F)c1)N1CCN(c2cc(-n3cccc3)ncn2)CC1. The van der Waals surface area contributed by atoms with Crippen LogP contribution >= 0.6 is 0 Å². The number of halogens is 2. The van der Waals surface area contributed by atoms with E-state index in [0.29, 0.717) is 26.2 Å². The van der Waals surface area contributed by atoms with Crippen LogP contribution in [0.5, 0.6) is 0 Å². The molecule has 0 unspecified atom stereocenters. The van der Waals surface area contributed by atoms with Crippen LogP contribution in [0.25, 0.3) is 5.82 Å². The lowest BCUT2D eigenvalue weighted by Crippen LogP contribution is -2.50. The zero-order chi connectivity index (χ0) is 19.5. The highest BCUT2D eigenvalue weighted by atomic mass is 19.1. The highest BCUT2D eigenvalue weighted by Crippen LogP contribution is 2.18. The lowest BCUT2D eigenvalue weighted by Gasteiger charge is -2.35. The molecular weight excluding hydrogens is 366 g/mol. The number of aromatic nitrogens is 3. The van der Waals surface area contributed by atoms with Crippen LogP contribution in [-0.2, 0) is 0 Å². The number of amides is 2. The highest BCUT2D eigenvalue weighted by Gasteiger charge is 2.22. The van der Waals surface area contributed by atoms with Crippen LogP contribution in [0.15, 0.2) is 55.1 Å². The van der Waals surface area contributed by atoms with Gasteiger partial charge >= 0.3 is 6.03 Å². The molecular formula is C19H18F2N6O. The molecule has 1 fully saturated rings. The fraction of sp³-hybridized carbons (Fsp3) is 0.211. The Bertz CT molecular complexity index is 950. The number of nitrogens with one attached hydrogen (secondary N) is 1. The van der Waals surface area contributed by atoms with Crippen LogP contribution < -0.4 is 10.2 Å². The summed E-state index contributed by atoms with van der Waals surface area (Å²) in [6.07, 6.45) is 5.33. The van der Waals surface area contributed by atoms with Crippen molar-refractivity contribution in [2.24, 2.45) is 0 Å². The van der Waals surface area contributed by atoms with Gasteiger partial charge in [0.2, 0.25) is 0 Å². The maximum atomic E-state index is 13.3. The Morgan fingerprint density at radius 3 is 2.21 bits per heavy atom. The zero-order valence-corrected chi connectivity index (χ0v) is 14.9. The first-order valence-corrected chi connectivity index (χ1v) is 8.81. The highest BCUT2D eigenvalue weighted by molar-refractivity contribution is 5.89. The summed E-state index contributed by atoms with van der Waals surface area (Å²) in [5.41, 5.74) is 0.0945. The minimum absolute atomic E-state index is 0.0945. The molecule has 28 heavy (non-hydrogen) atoms. The second-order valence-corrected chi connectivity index (χ2v) is 6.39. The average molecular weight is 384 g/mol. The van der Waals surface area contributed by atoms with Crippen molar-refractivity contribution >= 4 is 17.5 Å². The van der Waals surface area contributed by atoms with Crippen LogP contribution in [-0.4, -0.2) is 51.6 Å². The van der Waals surface area contributed by atoms with E-state index in [1.54, 1.807) is 4.90 Å². The Labute approximate surface area is 160 Å². The Morgan fingerprint density at radius 2 is 1.54 bits per heavy atom. The number of benzene rings is 1. The minimum Gasteiger partial charge on any atom is -0.353 e. The van der Waals surface area contributed by atoms with Gasteiger partial charge in [-0.2, -0.15) is 0 Å². The van der Waals surface area contributed by atoms with Crippen molar-refractivity contribution in [2.75, 3.05) is 36.4 Å². The summed E-state index contributed by atoms with van der Waals surface area (Å²) in [5.74, 6) is 0.0824. The van der Waals surface area contributed by atoms with E-state index in [9.17, 15) is 13.6 Å². The van der Waals surface area contributed by atoms with Crippen molar-refractivity contribution in [2.45, 2.75) is 0 Å².